The average molecular weight is 410 g/mol. The van der Waals surface area contributed by atoms with Crippen molar-refractivity contribution in [2.45, 2.75) is 19.9 Å². The molecule has 2 heterocycles. The first-order valence-electron chi connectivity index (χ1n) is 9.68. The molecule has 1 aliphatic heterocycles. The fraction of sp³-hybridized carbons (Fsp3) is 0.318. The maximum atomic E-state index is 13.0. The Labute approximate surface area is 173 Å². The number of para-hydroxylation sites is 3. The van der Waals surface area contributed by atoms with Crippen molar-refractivity contribution in [2.75, 3.05) is 25.1 Å². The Morgan fingerprint density at radius 1 is 1.24 bits per heavy atom. The quantitative estimate of drug-likeness (QED) is 0.623. The second kappa shape index (κ2) is 8.21. The molecule has 0 spiro atoms. The predicted octanol–water partition coefficient (Wildman–Crippen LogP) is 3.71. The number of hydrogen-bond acceptors (Lipinski definition) is 5. The molecule has 29 heavy (non-hydrogen) atoms. The second-order valence-corrected chi connectivity index (χ2v) is 8.19. The first-order chi connectivity index (χ1) is 14.1. The fourth-order valence-electron chi connectivity index (χ4n) is 3.64. The fourth-order valence-corrected chi connectivity index (χ4v) is 4.66. The highest BCUT2D eigenvalue weighted by Gasteiger charge is 2.37. The van der Waals surface area contributed by atoms with Crippen LogP contribution in [-0.4, -0.2) is 41.9 Å². The van der Waals surface area contributed by atoms with Gasteiger partial charge in [0.05, 0.1) is 35.0 Å². The van der Waals surface area contributed by atoms with Gasteiger partial charge in [0.15, 0.2) is 0 Å². The number of ether oxygens (including phenoxy) is 1. The number of anilines is 1. The van der Waals surface area contributed by atoms with Gasteiger partial charge in [-0.1, -0.05) is 24.3 Å². The highest BCUT2D eigenvalue weighted by Crippen LogP contribution is 2.33. The zero-order chi connectivity index (χ0) is 20.4. The van der Waals surface area contributed by atoms with E-state index in [1.54, 1.807) is 28.2 Å². The van der Waals surface area contributed by atoms with Crippen LogP contribution in [0.5, 0.6) is 5.75 Å². The predicted molar refractivity (Wildman–Crippen MR) is 114 cm³/mol. The summed E-state index contributed by atoms with van der Waals surface area (Å²) in [6, 6.07) is 15.4. The van der Waals surface area contributed by atoms with Gasteiger partial charge in [-0.25, -0.2) is 4.98 Å². The Hall–Kier alpha value is -2.93. The van der Waals surface area contributed by atoms with Crippen LogP contribution in [0.1, 0.15) is 18.4 Å². The summed E-state index contributed by atoms with van der Waals surface area (Å²) in [4.78, 5) is 33.6. The highest BCUT2D eigenvalue weighted by atomic mass is 32.1. The monoisotopic (exact) mass is 409 g/mol. The van der Waals surface area contributed by atoms with Crippen molar-refractivity contribution < 1.29 is 14.3 Å². The number of nitrogens with zero attached hydrogens (tertiary/aromatic N) is 3. The van der Waals surface area contributed by atoms with Gasteiger partial charge in [-0.05, 0) is 31.2 Å². The van der Waals surface area contributed by atoms with Crippen molar-refractivity contribution in [3.63, 3.8) is 0 Å². The summed E-state index contributed by atoms with van der Waals surface area (Å²) in [7, 11) is 1.77. The SMILES string of the molecule is CCOc1ccccc1N1C[C@H](C(=O)N(C)Cc2nc3ccccc3s2)CC1=O. The molecule has 1 aromatic heterocycles. The molecule has 1 fully saturated rings. The van der Waals surface area contributed by atoms with Crippen molar-refractivity contribution in [3.05, 3.63) is 53.5 Å². The van der Waals surface area contributed by atoms with Crippen LogP contribution in [0.4, 0.5) is 5.69 Å². The maximum Gasteiger partial charge on any atom is 0.228 e. The summed E-state index contributed by atoms with van der Waals surface area (Å²) in [6.07, 6.45) is 0.212. The first kappa shape index (κ1) is 19.4. The van der Waals surface area contributed by atoms with Gasteiger partial charge >= 0.3 is 0 Å². The number of benzene rings is 2. The maximum absolute atomic E-state index is 13.0. The largest absolute Gasteiger partial charge is 0.492 e. The zero-order valence-electron chi connectivity index (χ0n) is 16.5. The van der Waals surface area contributed by atoms with Crippen molar-refractivity contribution in [1.82, 2.24) is 9.88 Å². The number of aromatic nitrogens is 1. The Balaban J connectivity index is 1.46. The molecule has 2 aromatic carbocycles. The summed E-state index contributed by atoms with van der Waals surface area (Å²) in [5.41, 5.74) is 1.67. The van der Waals surface area contributed by atoms with Crippen molar-refractivity contribution in [1.29, 1.82) is 0 Å². The van der Waals surface area contributed by atoms with Crippen molar-refractivity contribution >= 4 is 39.1 Å². The molecular weight excluding hydrogens is 386 g/mol. The van der Waals surface area contributed by atoms with Crippen LogP contribution in [0.3, 0.4) is 0 Å². The average Bonchev–Trinajstić information content (AvgIpc) is 3.30. The number of carbonyl (C=O) groups is 2. The lowest BCUT2D eigenvalue weighted by molar-refractivity contribution is -0.135. The van der Waals surface area contributed by atoms with Crippen LogP contribution in [0.2, 0.25) is 0 Å². The molecule has 1 saturated heterocycles. The van der Waals surface area contributed by atoms with E-state index in [0.29, 0.717) is 25.4 Å². The number of hydrogen-bond donors (Lipinski definition) is 0. The number of thiazole rings is 1. The van der Waals surface area contributed by atoms with E-state index in [0.717, 1.165) is 20.9 Å². The van der Waals surface area contributed by atoms with Crippen LogP contribution in [0.25, 0.3) is 10.2 Å². The van der Waals surface area contributed by atoms with Gasteiger partial charge in [0.25, 0.3) is 0 Å². The van der Waals surface area contributed by atoms with Crippen LogP contribution in [0.15, 0.2) is 48.5 Å². The van der Waals surface area contributed by atoms with Crippen molar-refractivity contribution in [3.8, 4) is 5.75 Å². The summed E-state index contributed by atoms with van der Waals surface area (Å²) >= 11 is 1.59. The topological polar surface area (TPSA) is 62.7 Å². The molecule has 6 nitrogen and oxygen atoms in total. The molecule has 0 N–H and O–H groups in total. The molecule has 1 aliphatic rings. The van der Waals surface area contributed by atoms with Crippen LogP contribution in [-0.2, 0) is 16.1 Å². The molecule has 0 aliphatic carbocycles. The standard InChI is InChI=1S/C22H23N3O3S/c1-3-28-18-10-6-5-9-17(18)25-13-15(12-21(25)26)22(27)24(2)14-20-23-16-8-4-7-11-19(16)29-20/h4-11,15H,3,12-14H2,1-2H3/t15-/m1/s1. The van der Waals surface area contributed by atoms with Gasteiger partial charge in [-0.15, -0.1) is 11.3 Å². The molecule has 0 saturated carbocycles. The number of fused-ring (bicyclic) bond motifs is 1. The van der Waals surface area contributed by atoms with E-state index in [1.165, 1.54) is 0 Å². The van der Waals surface area contributed by atoms with Gasteiger partial charge in [0, 0.05) is 20.0 Å². The van der Waals surface area contributed by atoms with Gasteiger partial charge in [-0.3, -0.25) is 9.59 Å². The van der Waals surface area contributed by atoms with Gasteiger partial charge < -0.3 is 14.5 Å². The summed E-state index contributed by atoms with van der Waals surface area (Å²) in [5, 5.41) is 0.893. The minimum atomic E-state index is -0.364. The Kier molecular flexibility index (Phi) is 5.49. The third kappa shape index (κ3) is 3.96. The highest BCUT2D eigenvalue weighted by molar-refractivity contribution is 7.18. The van der Waals surface area contributed by atoms with Gasteiger partial charge in [0.2, 0.25) is 11.8 Å². The summed E-state index contributed by atoms with van der Waals surface area (Å²) in [6.45, 7) is 3.24. The minimum absolute atomic E-state index is 0.0333. The lowest BCUT2D eigenvalue weighted by Crippen LogP contribution is -2.34. The molecule has 7 heteroatoms. The van der Waals surface area contributed by atoms with Crippen LogP contribution >= 0.6 is 11.3 Å². The van der Waals surface area contributed by atoms with Gasteiger partial charge in [-0.2, -0.15) is 0 Å². The van der Waals surface area contributed by atoms with E-state index < -0.39 is 0 Å². The van der Waals surface area contributed by atoms with Crippen LogP contribution in [0, 0.1) is 5.92 Å². The van der Waals surface area contributed by atoms with Gasteiger partial charge in [0.1, 0.15) is 10.8 Å². The lowest BCUT2D eigenvalue weighted by Gasteiger charge is -2.22. The molecular formula is C22H23N3O3S. The third-order valence-corrected chi connectivity index (χ3v) is 6.04. The number of carbonyl (C=O) groups excluding carboxylic acids is 2. The normalized spacial score (nSPS) is 16.4. The third-order valence-electron chi connectivity index (χ3n) is 5.02. The summed E-state index contributed by atoms with van der Waals surface area (Å²) < 4.78 is 6.76. The zero-order valence-corrected chi connectivity index (χ0v) is 17.3. The Morgan fingerprint density at radius 2 is 2.00 bits per heavy atom. The second-order valence-electron chi connectivity index (χ2n) is 7.08. The molecule has 3 aromatic rings. The first-order valence-corrected chi connectivity index (χ1v) is 10.5. The van der Waals surface area contributed by atoms with E-state index >= 15 is 0 Å². The molecule has 1 atom stereocenters. The van der Waals surface area contributed by atoms with E-state index in [1.807, 2.05) is 55.5 Å². The number of rotatable bonds is 6. The van der Waals surface area contributed by atoms with Crippen molar-refractivity contribution in [2.24, 2.45) is 5.92 Å². The minimum Gasteiger partial charge on any atom is -0.492 e. The Morgan fingerprint density at radius 3 is 2.79 bits per heavy atom. The molecule has 150 valence electrons. The van der Waals surface area contributed by atoms with E-state index in [2.05, 4.69) is 4.98 Å². The lowest BCUT2D eigenvalue weighted by atomic mass is 10.1. The Bertz CT molecular complexity index is 1020. The molecule has 0 unspecified atom stereocenters. The summed E-state index contributed by atoms with van der Waals surface area (Å²) in [5.74, 6) is 0.216. The molecule has 4 rings (SSSR count). The smallest absolute Gasteiger partial charge is 0.228 e. The van der Waals surface area contributed by atoms with Crippen LogP contribution < -0.4 is 9.64 Å². The molecule has 0 radical (unpaired) electrons. The van der Waals surface area contributed by atoms with E-state index in [4.69, 9.17) is 4.74 Å². The van der Waals surface area contributed by atoms with E-state index in [9.17, 15) is 9.59 Å². The molecule has 0 bridgehead atoms. The number of amides is 2. The van der Waals surface area contributed by atoms with E-state index in [-0.39, 0.29) is 24.2 Å². The molecule has 2 amide bonds.